The Balaban J connectivity index is 2.51. The maximum atomic E-state index is 13.0. The predicted octanol–water partition coefficient (Wildman–Crippen LogP) is 1.80. The molecule has 1 unspecified atom stereocenters. The molecule has 4 heteroatoms. The average Bonchev–Trinajstić information content (AvgIpc) is 2.27. The molecular formula is C12H18FNO2. The first-order chi connectivity index (χ1) is 7.65. The van der Waals surface area contributed by atoms with Crippen LogP contribution < -0.4 is 5.73 Å². The molecule has 0 aliphatic carbocycles. The highest BCUT2D eigenvalue weighted by Gasteiger charge is 2.10. The van der Waals surface area contributed by atoms with Gasteiger partial charge in [0.05, 0.1) is 25.9 Å². The van der Waals surface area contributed by atoms with Crippen LogP contribution in [-0.2, 0) is 9.47 Å². The van der Waals surface area contributed by atoms with E-state index in [-0.39, 0.29) is 11.9 Å². The number of benzene rings is 1. The minimum absolute atomic E-state index is 0.270. The van der Waals surface area contributed by atoms with Gasteiger partial charge in [0.1, 0.15) is 5.82 Å². The number of hydrogen-bond acceptors (Lipinski definition) is 3. The Hall–Kier alpha value is -0.970. The quantitative estimate of drug-likeness (QED) is 0.754. The molecule has 0 radical (unpaired) electrons. The van der Waals surface area contributed by atoms with E-state index in [4.69, 9.17) is 15.2 Å². The van der Waals surface area contributed by atoms with Crippen LogP contribution in [0.5, 0.6) is 0 Å². The van der Waals surface area contributed by atoms with Gasteiger partial charge < -0.3 is 15.2 Å². The van der Waals surface area contributed by atoms with E-state index in [2.05, 4.69) is 0 Å². The summed E-state index contributed by atoms with van der Waals surface area (Å²) in [5.74, 6) is -0.270. The molecule has 0 spiro atoms. The van der Waals surface area contributed by atoms with E-state index in [0.717, 1.165) is 11.1 Å². The average molecular weight is 227 g/mol. The summed E-state index contributed by atoms with van der Waals surface area (Å²) in [5.41, 5.74) is 7.68. The third-order valence-corrected chi connectivity index (χ3v) is 2.37. The van der Waals surface area contributed by atoms with Gasteiger partial charge in [0.15, 0.2) is 0 Å². The first kappa shape index (κ1) is 13.1. The molecule has 1 atom stereocenters. The summed E-state index contributed by atoms with van der Waals surface area (Å²) in [4.78, 5) is 0. The number of halogens is 1. The largest absolute Gasteiger partial charge is 0.382 e. The molecule has 2 N–H and O–H groups in total. The zero-order valence-corrected chi connectivity index (χ0v) is 9.70. The van der Waals surface area contributed by atoms with Crippen LogP contribution >= 0.6 is 0 Å². The molecule has 0 amide bonds. The van der Waals surface area contributed by atoms with Gasteiger partial charge in [-0.2, -0.15) is 0 Å². The van der Waals surface area contributed by atoms with Gasteiger partial charge in [-0.05, 0) is 30.2 Å². The van der Waals surface area contributed by atoms with E-state index in [1.54, 1.807) is 13.2 Å². The van der Waals surface area contributed by atoms with E-state index in [0.29, 0.717) is 19.8 Å². The minimum Gasteiger partial charge on any atom is -0.382 e. The van der Waals surface area contributed by atoms with Crippen molar-refractivity contribution in [3.05, 3.63) is 35.1 Å². The molecule has 0 aliphatic heterocycles. The van der Waals surface area contributed by atoms with Crippen molar-refractivity contribution in [2.45, 2.75) is 13.0 Å². The van der Waals surface area contributed by atoms with E-state index in [9.17, 15) is 4.39 Å². The highest BCUT2D eigenvalue weighted by molar-refractivity contribution is 5.29. The van der Waals surface area contributed by atoms with Crippen LogP contribution in [0.15, 0.2) is 18.2 Å². The summed E-state index contributed by atoms with van der Waals surface area (Å²) in [5, 5.41) is 0. The molecule has 0 bridgehead atoms. The topological polar surface area (TPSA) is 44.5 Å². The van der Waals surface area contributed by atoms with E-state index >= 15 is 0 Å². The van der Waals surface area contributed by atoms with Crippen molar-refractivity contribution in [3.8, 4) is 0 Å². The fraction of sp³-hybridized carbons (Fsp3) is 0.500. The zero-order chi connectivity index (χ0) is 12.0. The number of ether oxygens (including phenoxy) is 2. The fourth-order valence-corrected chi connectivity index (χ4v) is 1.45. The van der Waals surface area contributed by atoms with E-state index in [1.807, 2.05) is 6.92 Å². The second-order valence-corrected chi connectivity index (χ2v) is 3.68. The van der Waals surface area contributed by atoms with Crippen LogP contribution in [0.3, 0.4) is 0 Å². The van der Waals surface area contributed by atoms with Crippen molar-refractivity contribution in [2.24, 2.45) is 5.73 Å². The molecule has 0 aliphatic rings. The van der Waals surface area contributed by atoms with Gasteiger partial charge in [0.25, 0.3) is 0 Å². The number of methoxy groups -OCH3 is 1. The SMILES string of the molecule is COCCOCC(N)c1cc(F)ccc1C. The van der Waals surface area contributed by atoms with Gasteiger partial charge in [-0.1, -0.05) is 6.07 Å². The monoisotopic (exact) mass is 227 g/mol. The van der Waals surface area contributed by atoms with Crippen LogP contribution in [-0.4, -0.2) is 26.9 Å². The minimum atomic E-state index is -0.299. The normalized spacial score (nSPS) is 12.8. The fourth-order valence-electron chi connectivity index (χ4n) is 1.45. The third kappa shape index (κ3) is 3.89. The Kier molecular flexibility index (Phi) is 5.38. The summed E-state index contributed by atoms with van der Waals surface area (Å²) in [6.45, 7) is 3.31. The zero-order valence-electron chi connectivity index (χ0n) is 9.70. The van der Waals surface area contributed by atoms with Crippen LogP contribution in [0.2, 0.25) is 0 Å². The molecule has 16 heavy (non-hydrogen) atoms. The summed E-state index contributed by atoms with van der Waals surface area (Å²) in [6, 6.07) is 4.31. The lowest BCUT2D eigenvalue weighted by molar-refractivity contribution is 0.0635. The standard InChI is InChI=1S/C12H18FNO2/c1-9-3-4-10(13)7-11(9)12(14)8-16-6-5-15-2/h3-4,7,12H,5-6,8,14H2,1-2H3. The van der Waals surface area contributed by atoms with Crippen molar-refractivity contribution in [1.82, 2.24) is 0 Å². The van der Waals surface area contributed by atoms with Gasteiger partial charge in [0, 0.05) is 7.11 Å². The van der Waals surface area contributed by atoms with Crippen LogP contribution in [0.25, 0.3) is 0 Å². The van der Waals surface area contributed by atoms with Gasteiger partial charge in [-0.15, -0.1) is 0 Å². The van der Waals surface area contributed by atoms with Gasteiger partial charge in [-0.3, -0.25) is 0 Å². The Labute approximate surface area is 95.4 Å². The van der Waals surface area contributed by atoms with Crippen molar-refractivity contribution >= 4 is 0 Å². The molecule has 0 fully saturated rings. The second kappa shape index (κ2) is 6.58. The summed E-state index contributed by atoms with van der Waals surface area (Å²) in [6.07, 6.45) is 0. The summed E-state index contributed by atoms with van der Waals surface area (Å²) < 4.78 is 23.2. The smallest absolute Gasteiger partial charge is 0.123 e. The van der Waals surface area contributed by atoms with Crippen LogP contribution in [0.1, 0.15) is 17.2 Å². The second-order valence-electron chi connectivity index (χ2n) is 3.68. The Morgan fingerprint density at radius 1 is 1.38 bits per heavy atom. The molecule has 1 aromatic carbocycles. The number of rotatable bonds is 6. The van der Waals surface area contributed by atoms with Crippen molar-refractivity contribution in [1.29, 1.82) is 0 Å². The van der Waals surface area contributed by atoms with Crippen molar-refractivity contribution in [2.75, 3.05) is 26.9 Å². The molecule has 0 saturated carbocycles. The number of nitrogens with two attached hydrogens (primary N) is 1. The Morgan fingerprint density at radius 3 is 2.81 bits per heavy atom. The lowest BCUT2D eigenvalue weighted by Crippen LogP contribution is -2.19. The Morgan fingerprint density at radius 2 is 2.12 bits per heavy atom. The van der Waals surface area contributed by atoms with E-state index in [1.165, 1.54) is 12.1 Å². The molecule has 1 rings (SSSR count). The molecule has 0 saturated heterocycles. The van der Waals surface area contributed by atoms with Crippen LogP contribution in [0, 0.1) is 12.7 Å². The molecule has 90 valence electrons. The summed E-state index contributed by atoms with van der Waals surface area (Å²) >= 11 is 0. The molecule has 0 aromatic heterocycles. The highest BCUT2D eigenvalue weighted by Crippen LogP contribution is 2.17. The maximum Gasteiger partial charge on any atom is 0.123 e. The van der Waals surface area contributed by atoms with Gasteiger partial charge in [0.2, 0.25) is 0 Å². The first-order valence-electron chi connectivity index (χ1n) is 5.23. The molecule has 3 nitrogen and oxygen atoms in total. The van der Waals surface area contributed by atoms with E-state index < -0.39 is 0 Å². The predicted molar refractivity (Wildman–Crippen MR) is 60.8 cm³/mol. The Bertz CT molecular complexity index is 331. The van der Waals surface area contributed by atoms with Gasteiger partial charge >= 0.3 is 0 Å². The maximum absolute atomic E-state index is 13.0. The van der Waals surface area contributed by atoms with Crippen LogP contribution in [0.4, 0.5) is 4.39 Å². The lowest BCUT2D eigenvalue weighted by atomic mass is 10.0. The lowest BCUT2D eigenvalue weighted by Gasteiger charge is -2.15. The van der Waals surface area contributed by atoms with Crippen molar-refractivity contribution < 1.29 is 13.9 Å². The third-order valence-electron chi connectivity index (χ3n) is 2.37. The number of hydrogen-bond donors (Lipinski definition) is 1. The molecular weight excluding hydrogens is 209 g/mol. The summed E-state index contributed by atoms with van der Waals surface area (Å²) in [7, 11) is 1.61. The molecule has 0 heterocycles. The highest BCUT2D eigenvalue weighted by atomic mass is 19.1. The molecule has 1 aromatic rings. The van der Waals surface area contributed by atoms with Crippen molar-refractivity contribution in [3.63, 3.8) is 0 Å². The van der Waals surface area contributed by atoms with Gasteiger partial charge in [-0.25, -0.2) is 4.39 Å². The number of aryl methyl sites for hydroxylation is 1. The first-order valence-corrected chi connectivity index (χ1v) is 5.23.